The van der Waals surface area contributed by atoms with E-state index >= 15 is 0 Å². The number of methoxy groups -OCH3 is 1. The Bertz CT molecular complexity index is 258. The summed E-state index contributed by atoms with van der Waals surface area (Å²) in [6.07, 6.45) is 0. The highest BCUT2D eigenvalue weighted by atomic mass is 16.5. The van der Waals surface area contributed by atoms with Crippen LogP contribution in [0.1, 0.15) is 5.56 Å². The minimum atomic E-state index is -0.0682. The molecule has 0 aliphatic heterocycles. The number of rotatable bonds is 5. The van der Waals surface area contributed by atoms with Crippen molar-refractivity contribution < 1.29 is 9.47 Å². The van der Waals surface area contributed by atoms with Gasteiger partial charge < -0.3 is 15.2 Å². The standard InChI is InChI=1S/C11H17NO2/c1-9-3-5-11(6-4-9)14-8-10(12)7-13-2/h3-6,10H,7-8,12H2,1-2H3. The topological polar surface area (TPSA) is 44.5 Å². The highest BCUT2D eigenvalue weighted by Crippen LogP contribution is 2.11. The molecule has 2 N–H and O–H groups in total. The summed E-state index contributed by atoms with van der Waals surface area (Å²) in [6, 6.07) is 7.83. The molecule has 1 aromatic carbocycles. The molecule has 3 heteroatoms. The Morgan fingerprint density at radius 1 is 1.21 bits per heavy atom. The van der Waals surface area contributed by atoms with Gasteiger partial charge in [0.15, 0.2) is 0 Å². The molecule has 1 aromatic rings. The average Bonchev–Trinajstić information content (AvgIpc) is 2.17. The maximum absolute atomic E-state index is 5.71. The molecule has 0 amide bonds. The van der Waals surface area contributed by atoms with Crippen LogP contribution in [-0.2, 0) is 4.74 Å². The number of aryl methyl sites for hydroxylation is 1. The first kappa shape index (κ1) is 11.0. The Morgan fingerprint density at radius 3 is 2.43 bits per heavy atom. The summed E-state index contributed by atoms with van der Waals surface area (Å²) in [7, 11) is 1.63. The third kappa shape index (κ3) is 3.77. The lowest BCUT2D eigenvalue weighted by Crippen LogP contribution is -2.32. The average molecular weight is 195 g/mol. The van der Waals surface area contributed by atoms with E-state index < -0.39 is 0 Å². The summed E-state index contributed by atoms with van der Waals surface area (Å²) in [4.78, 5) is 0. The molecule has 0 fully saturated rings. The molecule has 1 atom stereocenters. The minimum Gasteiger partial charge on any atom is -0.492 e. The Hall–Kier alpha value is -1.06. The van der Waals surface area contributed by atoms with E-state index in [1.54, 1.807) is 7.11 Å². The molecule has 0 bridgehead atoms. The van der Waals surface area contributed by atoms with E-state index in [4.69, 9.17) is 15.2 Å². The van der Waals surface area contributed by atoms with Crippen LogP contribution in [0.5, 0.6) is 5.75 Å². The fourth-order valence-corrected chi connectivity index (χ4v) is 1.10. The van der Waals surface area contributed by atoms with E-state index in [0.29, 0.717) is 13.2 Å². The van der Waals surface area contributed by atoms with Crippen LogP contribution in [0.15, 0.2) is 24.3 Å². The van der Waals surface area contributed by atoms with Crippen molar-refractivity contribution in [2.24, 2.45) is 5.73 Å². The highest BCUT2D eigenvalue weighted by Gasteiger charge is 2.02. The van der Waals surface area contributed by atoms with Crippen molar-refractivity contribution >= 4 is 0 Å². The van der Waals surface area contributed by atoms with E-state index in [9.17, 15) is 0 Å². The molecule has 0 aliphatic carbocycles. The minimum absolute atomic E-state index is 0.0682. The Balaban J connectivity index is 2.34. The number of benzene rings is 1. The van der Waals surface area contributed by atoms with Gasteiger partial charge in [0, 0.05) is 7.11 Å². The van der Waals surface area contributed by atoms with Gasteiger partial charge in [-0.1, -0.05) is 17.7 Å². The smallest absolute Gasteiger partial charge is 0.119 e. The van der Waals surface area contributed by atoms with Gasteiger partial charge in [-0.25, -0.2) is 0 Å². The summed E-state index contributed by atoms with van der Waals surface area (Å²) < 4.78 is 10.4. The molecule has 0 aromatic heterocycles. The molecule has 3 nitrogen and oxygen atoms in total. The summed E-state index contributed by atoms with van der Waals surface area (Å²) >= 11 is 0. The van der Waals surface area contributed by atoms with Crippen LogP contribution < -0.4 is 10.5 Å². The lowest BCUT2D eigenvalue weighted by molar-refractivity contribution is 0.152. The molecule has 0 heterocycles. The van der Waals surface area contributed by atoms with Gasteiger partial charge in [-0.05, 0) is 19.1 Å². The summed E-state index contributed by atoms with van der Waals surface area (Å²) in [5.74, 6) is 0.849. The maximum atomic E-state index is 5.71. The van der Waals surface area contributed by atoms with Crippen molar-refractivity contribution in [3.8, 4) is 5.75 Å². The van der Waals surface area contributed by atoms with Crippen molar-refractivity contribution in [1.82, 2.24) is 0 Å². The van der Waals surface area contributed by atoms with Crippen LogP contribution >= 0.6 is 0 Å². The van der Waals surface area contributed by atoms with E-state index in [2.05, 4.69) is 0 Å². The Labute approximate surface area is 84.8 Å². The molecule has 78 valence electrons. The predicted octanol–water partition coefficient (Wildman–Crippen LogP) is 1.35. The molecule has 1 unspecified atom stereocenters. The first-order chi connectivity index (χ1) is 6.72. The number of hydrogen-bond acceptors (Lipinski definition) is 3. The molecule has 0 radical (unpaired) electrons. The molecular weight excluding hydrogens is 178 g/mol. The lowest BCUT2D eigenvalue weighted by Gasteiger charge is -2.12. The highest BCUT2D eigenvalue weighted by molar-refractivity contribution is 5.26. The van der Waals surface area contributed by atoms with Crippen LogP contribution in [0.4, 0.5) is 0 Å². The van der Waals surface area contributed by atoms with Gasteiger partial charge in [0.2, 0.25) is 0 Å². The number of nitrogens with two attached hydrogens (primary N) is 1. The van der Waals surface area contributed by atoms with E-state index in [-0.39, 0.29) is 6.04 Å². The quantitative estimate of drug-likeness (QED) is 0.771. The third-order valence-electron chi connectivity index (χ3n) is 1.87. The van der Waals surface area contributed by atoms with Crippen LogP contribution in [0.2, 0.25) is 0 Å². The molecule has 0 spiro atoms. The van der Waals surface area contributed by atoms with Gasteiger partial charge in [0.05, 0.1) is 12.6 Å². The van der Waals surface area contributed by atoms with Gasteiger partial charge in [-0.15, -0.1) is 0 Å². The van der Waals surface area contributed by atoms with Crippen molar-refractivity contribution in [2.75, 3.05) is 20.3 Å². The SMILES string of the molecule is COCC(N)COc1ccc(C)cc1. The zero-order valence-electron chi connectivity index (χ0n) is 8.69. The first-order valence-corrected chi connectivity index (χ1v) is 4.66. The fourth-order valence-electron chi connectivity index (χ4n) is 1.10. The molecule has 0 saturated heterocycles. The zero-order valence-corrected chi connectivity index (χ0v) is 8.69. The Morgan fingerprint density at radius 2 is 1.86 bits per heavy atom. The zero-order chi connectivity index (χ0) is 10.4. The van der Waals surface area contributed by atoms with Crippen molar-refractivity contribution in [1.29, 1.82) is 0 Å². The van der Waals surface area contributed by atoms with E-state index in [1.807, 2.05) is 31.2 Å². The predicted molar refractivity (Wildman–Crippen MR) is 56.5 cm³/mol. The first-order valence-electron chi connectivity index (χ1n) is 4.66. The van der Waals surface area contributed by atoms with Crippen molar-refractivity contribution in [3.63, 3.8) is 0 Å². The van der Waals surface area contributed by atoms with Gasteiger partial charge >= 0.3 is 0 Å². The summed E-state index contributed by atoms with van der Waals surface area (Å²) in [6.45, 7) is 3.04. The number of ether oxygens (including phenoxy) is 2. The monoisotopic (exact) mass is 195 g/mol. The van der Waals surface area contributed by atoms with Gasteiger partial charge in [-0.2, -0.15) is 0 Å². The van der Waals surface area contributed by atoms with E-state index in [0.717, 1.165) is 5.75 Å². The van der Waals surface area contributed by atoms with Crippen molar-refractivity contribution in [2.45, 2.75) is 13.0 Å². The number of hydrogen-bond donors (Lipinski definition) is 1. The second-order valence-electron chi connectivity index (χ2n) is 3.34. The summed E-state index contributed by atoms with van der Waals surface area (Å²) in [5, 5.41) is 0. The third-order valence-corrected chi connectivity index (χ3v) is 1.87. The van der Waals surface area contributed by atoms with Crippen LogP contribution in [0, 0.1) is 6.92 Å². The lowest BCUT2D eigenvalue weighted by atomic mass is 10.2. The second kappa shape index (κ2) is 5.62. The van der Waals surface area contributed by atoms with Crippen LogP contribution in [0.3, 0.4) is 0 Å². The summed E-state index contributed by atoms with van der Waals surface area (Å²) in [5.41, 5.74) is 6.93. The molecular formula is C11H17NO2. The van der Waals surface area contributed by atoms with Crippen molar-refractivity contribution in [3.05, 3.63) is 29.8 Å². The fraction of sp³-hybridized carbons (Fsp3) is 0.455. The second-order valence-corrected chi connectivity index (χ2v) is 3.34. The Kier molecular flexibility index (Phi) is 4.43. The van der Waals surface area contributed by atoms with Gasteiger partial charge in [-0.3, -0.25) is 0 Å². The normalized spacial score (nSPS) is 12.5. The van der Waals surface area contributed by atoms with E-state index in [1.165, 1.54) is 5.56 Å². The molecule has 0 aliphatic rings. The molecule has 14 heavy (non-hydrogen) atoms. The maximum Gasteiger partial charge on any atom is 0.119 e. The van der Waals surface area contributed by atoms with Gasteiger partial charge in [0.1, 0.15) is 12.4 Å². The van der Waals surface area contributed by atoms with Crippen LogP contribution in [0.25, 0.3) is 0 Å². The largest absolute Gasteiger partial charge is 0.492 e. The molecule has 1 rings (SSSR count). The molecule has 0 saturated carbocycles. The van der Waals surface area contributed by atoms with Gasteiger partial charge in [0.25, 0.3) is 0 Å². The van der Waals surface area contributed by atoms with Crippen LogP contribution in [-0.4, -0.2) is 26.4 Å².